The minimum absolute atomic E-state index is 0.0253. The number of nitro groups is 1. The van der Waals surface area contributed by atoms with E-state index in [1.54, 1.807) is 0 Å². The molecule has 0 fully saturated rings. The van der Waals surface area contributed by atoms with Crippen LogP contribution in [0, 0.1) is 10.1 Å². The van der Waals surface area contributed by atoms with E-state index in [1.807, 2.05) is 0 Å². The molecule has 1 aromatic rings. The van der Waals surface area contributed by atoms with Crippen LogP contribution in [-0.2, 0) is 0 Å². The molecule has 0 aliphatic rings. The second-order valence-electron chi connectivity index (χ2n) is 2.86. The number of rotatable bonds is 4. The van der Waals surface area contributed by atoms with Gasteiger partial charge in [-0.05, 0) is 0 Å². The van der Waals surface area contributed by atoms with E-state index in [0.29, 0.717) is 0 Å². The summed E-state index contributed by atoms with van der Waals surface area (Å²) >= 11 is 5.33. The standard InChI is InChI=1S/C8H9ClN2O4/c9-4-7(12)8(13)6-3-5(11(14)15)1-2-10-6/h1-3,7-8,12-13H,4H2. The van der Waals surface area contributed by atoms with Crippen LogP contribution in [0.1, 0.15) is 11.8 Å². The molecule has 1 rings (SSSR count). The molecule has 0 spiro atoms. The number of nitrogens with zero attached hydrogens (tertiary/aromatic N) is 2. The van der Waals surface area contributed by atoms with Gasteiger partial charge in [-0.25, -0.2) is 0 Å². The van der Waals surface area contributed by atoms with Crippen molar-refractivity contribution in [2.45, 2.75) is 12.2 Å². The minimum atomic E-state index is -1.32. The SMILES string of the molecule is O=[N+]([O-])c1ccnc(C(O)C(O)CCl)c1. The second-order valence-corrected chi connectivity index (χ2v) is 3.17. The number of aliphatic hydroxyl groups excluding tert-OH is 2. The summed E-state index contributed by atoms with van der Waals surface area (Å²) in [5.41, 5.74) is -0.168. The van der Waals surface area contributed by atoms with Crippen molar-refractivity contribution >= 4 is 17.3 Å². The molecule has 15 heavy (non-hydrogen) atoms. The molecule has 0 amide bonds. The Hall–Kier alpha value is -1.24. The molecule has 7 heteroatoms. The second kappa shape index (κ2) is 5.01. The van der Waals surface area contributed by atoms with E-state index in [0.717, 1.165) is 6.07 Å². The first-order chi connectivity index (χ1) is 7.06. The van der Waals surface area contributed by atoms with Gasteiger partial charge in [0, 0.05) is 18.3 Å². The van der Waals surface area contributed by atoms with Gasteiger partial charge in [-0.15, -0.1) is 11.6 Å². The highest BCUT2D eigenvalue weighted by atomic mass is 35.5. The number of pyridine rings is 1. The lowest BCUT2D eigenvalue weighted by Gasteiger charge is -2.13. The molecule has 1 aromatic heterocycles. The predicted molar refractivity (Wildman–Crippen MR) is 52.6 cm³/mol. The Bertz CT molecular complexity index is 360. The maximum Gasteiger partial charge on any atom is 0.272 e. The molecule has 6 nitrogen and oxygen atoms in total. The Kier molecular flexibility index (Phi) is 3.96. The van der Waals surface area contributed by atoms with Crippen molar-refractivity contribution in [1.82, 2.24) is 4.98 Å². The lowest BCUT2D eigenvalue weighted by Crippen LogP contribution is -2.20. The highest BCUT2D eigenvalue weighted by Gasteiger charge is 2.20. The Morgan fingerprint density at radius 2 is 2.27 bits per heavy atom. The fourth-order valence-electron chi connectivity index (χ4n) is 0.993. The first kappa shape index (κ1) is 11.8. The molecule has 2 N–H and O–H groups in total. The zero-order valence-electron chi connectivity index (χ0n) is 7.58. The third-order valence-electron chi connectivity index (χ3n) is 1.80. The van der Waals surface area contributed by atoms with Crippen LogP contribution in [0.5, 0.6) is 0 Å². The van der Waals surface area contributed by atoms with E-state index in [4.69, 9.17) is 11.6 Å². The first-order valence-electron chi connectivity index (χ1n) is 4.08. The Labute approximate surface area is 90.3 Å². The van der Waals surface area contributed by atoms with Crippen molar-refractivity contribution in [3.63, 3.8) is 0 Å². The summed E-state index contributed by atoms with van der Waals surface area (Å²) in [6, 6.07) is 2.30. The van der Waals surface area contributed by atoms with Gasteiger partial charge < -0.3 is 10.2 Å². The molecule has 0 aliphatic carbocycles. The zero-order chi connectivity index (χ0) is 11.4. The number of hydrogen-bond acceptors (Lipinski definition) is 5. The van der Waals surface area contributed by atoms with Gasteiger partial charge in [-0.3, -0.25) is 15.1 Å². The van der Waals surface area contributed by atoms with E-state index in [1.165, 1.54) is 12.3 Å². The maximum atomic E-state index is 10.4. The largest absolute Gasteiger partial charge is 0.389 e. The van der Waals surface area contributed by atoms with Gasteiger partial charge in [0.2, 0.25) is 0 Å². The van der Waals surface area contributed by atoms with Crippen LogP contribution in [0.3, 0.4) is 0 Å². The summed E-state index contributed by atoms with van der Waals surface area (Å²) in [6.45, 7) is 0. The van der Waals surface area contributed by atoms with Gasteiger partial charge in [0.1, 0.15) is 6.10 Å². The van der Waals surface area contributed by atoms with Gasteiger partial charge in [0.05, 0.1) is 22.6 Å². The van der Waals surface area contributed by atoms with Gasteiger partial charge in [-0.2, -0.15) is 0 Å². The average molecular weight is 233 g/mol. The van der Waals surface area contributed by atoms with E-state index in [-0.39, 0.29) is 17.3 Å². The van der Waals surface area contributed by atoms with Crippen molar-refractivity contribution in [2.24, 2.45) is 0 Å². The number of alkyl halides is 1. The van der Waals surface area contributed by atoms with Crippen LogP contribution in [0.2, 0.25) is 0 Å². The van der Waals surface area contributed by atoms with E-state index in [9.17, 15) is 20.3 Å². The summed E-state index contributed by atoms with van der Waals surface area (Å²) in [6.07, 6.45) is -1.32. The Morgan fingerprint density at radius 1 is 1.60 bits per heavy atom. The Balaban J connectivity index is 2.94. The lowest BCUT2D eigenvalue weighted by atomic mass is 10.1. The number of aromatic nitrogens is 1. The fraction of sp³-hybridized carbons (Fsp3) is 0.375. The predicted octanol–water partition coefficient (Wildman–Crippen LogP) is 0.623. The number of aliphatic hydroxyl groups is 2. The molecule has 1 heterocycles. The van der Waals surface area contributed by atoms with Crippen LogP contribution in [0.15, 0.2) is 18.3 Å². The topological polar surface area (TPSA) is 96.5 Å². The number of hydrogen-bond donors (Lipinski definition) is 2. The van der Waals surface area contributed by atoms with Gasteiger partial charge in [0.25, 0.3) is 5.69 Å². The minimum Gasteiger partial charge on any atom is -0.389 e. The van der Waals surface area contributed by atoms with Gasteiger partial charge in [0.15, 0.2) is 0 Å². The van der Waals surface area contributed by atoms with E-state index >= 15 is 0 Å². The third kappa shape index (κ3) is 2.85. The highest BCUT2D eigenvalue weighted by molar-refractivity contribution is 6.18. The molecule has 0 aromatic carbocycles. The Morgan fingerprint density at radius 3 is 2.80 bits per heavy atom. The molecule has 0 aliphatic heterocycles. The van der Waals surface area contributed by atoms with Crippen molar-refractivity contribution in [1.29, 1.82) is 0 Å². The molecule has 2 atom stereocenters. The highest BCUT2D eigenvalue weighted by Crippen LogP contribution is 2.19. The van der Waals surface area contributed by atoms with Crippen molar-refractivity contribution in [3.05, 3.63) is 34.1 Å². The average Bonchev–Trinajstić information content (AvgIpc) is 2.27. The quantitative estimate of drug-likeness (QED) is 0.451. The summed E-state index contributed by atoms with van der Waals surface area (Å²) in [4.78, 5) is 13.5. The summed E-state index contributed by atoms with van der Waals surface area (Å²) in [5.74, 6) is -0.175. The third-order valence-corrected chi connectivity index (χ3v) is 2.12. The fourth-order valence-corrected chi connectivity index (χ4v) is 1.16. The van der Waals surface area contributed by atoms with Gasteiger partial charge in [-0.1, -0.05) is 0 Å². The van der Waals surface area contributed by atoms with Crippen molar-refractivity contribution in [2.75, 3.05) is 5.88 Å². The van der Waals surface area contributed by atoms with Crippen LogP contribution in [0.25, 0.3) is 0 Å². The van der Waals surface area contributed by atoms with E-state index in [2.05, 4.69) is 4.98 Å². The van der Waals surface area contributed by atoms with Gasteiger partial charge >= 0.3 is 0 Å². The normalized spacial score (nSPS) is 14.6. The van der Waals surface area contributed by atoms with Crippen LogP contribution < -0.4 is 0 Å². The first-order valence-corrected chi connectivity index (χ1v) is 4.62. The smallest absolute Gasteiger partial charge is 0.272 e. The molecular weight excluding hydrogens is 224 g/mol. The maximum absolute atomic E-state index is 10.4. The van der Waals surface area contributed by atoms with Crippen LogP contribution in [0.4, 0.5) is 5.69 Å². The van der Waals surface area contributed by atoms with Crippen molar-refractivity contribution in [3.8, 4) is 0 Å². The summed E-state index contributed by atoms with van der Waals surface area (Å²) < 4.78 is 0. The molecule has 2 unspecified atom stereocenters. The van der Waals surface area contributed by atoms with Crippen LogP contribution in [-0.4, -0.2) is 32.1 Å². The van der Waals surface area contributed by atoms with Crippen molar-refractivity contribution < 1.29 is 15.1 Å². The molecular formula is C8H9ClN2O4. The number of halogens is 1. The molecule has 0 saturated heterocycles. The molecule has 82 valence electrons. The van der Waals surface area contributed by atoms with E-state index < -0.39 is 17.1 Å². The monoisotopic (exact) mass is 232 g/mol. The summed E-state index contributed by atoms with van der Waals surface area (Å²) in [7, 11) is 0. The summed E-state index contributed by atoms with van der Waals surface area (Å²) in [5, 5.41) is 29.1. The molecule has 0 radical (unpaired) electrons. The lowest BCUT2D eigenvalue weighted by molar-refractivity contribution is -0.385. The zero-order valence-corrected chi connectivity index (χ0v) is 8.33. The molecule has 0 bridgehead atoms. The molecule has 0 saturated carbocycles. The van der Waals surface area contributed by atoms with Crippen LogP contribution >= 0.6 is 11.6 Å².